The van der Waals surface area contributed by atoms with Crippen molar-refractivity contribution in [2.45, 2.75) is 39.5 Å². The number of hydrogen-bond donors (Lipinski definition) is 2. The van der Waals surface area contributed by atoms with Crippen molar-refractivity contribution in [1.29, 1.82) is 0 Å². The third-order valence-electron chi connectivity index (χ3n) is 3.22. The lowest BCUT2D eigenvalue weighted by molar-refractivity contribution is -0.131. The molecule has 106 valence electrons. The Balaban J connectivity index is 3.98. The molecule has 5 nitrogen and oxygen atoms in total. The van der Waals surface area contributed by atoms with Gasteiger partial charge >= 0.3 is 0 Å². The van der Waals surface area contributed by atoms with Crippen LogP contribution in [0.1, 0.15) is 39.5 Å². The number of nitrogens with two attached hydrogens (primary N) is 1. The van der Waals surface area contributed by atoms with Crippen molar-refractivity contribution in [3.8, 4) is 0 Å². The van der Waals surface area contributed by atoms with E-state index in [1.165, 1.54) is 0 Å². The standard InChI is InChI=1S/C13H27N3O2/c1-13(2,8-9-14)7-5-12(18)16(4)10-6-11(17)15-3/h5-10,14H2,1-4H3,(H,15,17). The van der Waals surface area contributed by atoms with E-state index in [2.05, 4.69) is 19.2 Å². The maximum Gasteiger partial charge on any atom is 0.222 e. The van der Waals surface area contributed by atoms with Crippen LogP contribution in [0.15, 0.2) is 0 Å². The van der Waals surface area contributed by atoms with Crippen molar-refractivity contribution in [1.82, 2.24) is 10.2 Å². The molecule has 0 aliphatic carbocycles. The van der Waals surface area contributed by atoms with Crippen LogP contribution >= 0.6 is 0 Å². The summed E-state index contributed by atoms with van der Waals surface area (Å²) in [6.45, 7) is 5.36. The van der Waals surface area contributed by atoms with Crippen molar-refractivity contribution >= 4 is 11.8 Å². The molecule has 0 saturated carbocycles. The molecule has 0 aromatic heterocycles. The SMILES string of the molecule is CNC(=O)CCN(C)C(=O)CCC(C)(C)CCN. The van der Waals surface area contributed by atoms with E-state index in [4.69, 9.17) is 5.73 Å². The Morgan fingerprint density at radius 2 is 1.83 bits per heavy atom. The molecule has 0 saturated heterocycles. The van der Waals surface area contributed by atoms with E-state index in [1.807, 2.05) is 0 Å². The molecule has 0 unspecified atom stereocenters. The zero-order valence-electron chi connectivity index (χ0n) is 12.1. The number of amides is 2. The summed E-state index contributed by atoms with van der Waals surface area (Å²) >= 11 is 0. The van der Waals surface area contributed by atoms with Crippen LogP contribution in [0.4, 0.5) is 0 Å². The van der Waals surface area contributed by atoms with Crippen molar-refractivity contribution in [2.75, 3.05) is 27.2 Å². The highest BCUT2D eigenvalue weighted by atomic mass is 16.2. The first-order chi connectivity index (χ1) is 8.32. The van der Waals surface area contributed by atoms with Crippen LogP contribution in [0.25, 0.3) is 0 Å². The van der Waals surface area contributed by atoms with Crippen LogP contribution in [-0.2, 0) is 9.59 Å². The smallest absolute Gasteiger partial charge is 0.222 e. The van der Waals surface area contributed by atoms with Crippen LogP contribution in [0.3, 0.4) is 0 Å². The third-order valence-corrected chi connectivity index (χ3v) is 3.22. The molecule has 0 atom stereocenters. The van der Waals surface area contributed by atoms with E-state index in [9.17, 15) is 9.59 Å². The van der Waals surface area contributed by atoms with Gasteiger partial charge in [-0.1, -0.05) is 13.8 Å². The molecule has 0 fully saturated rings. The van der Waals surface area contributed by atoms with Crippen molar-refractivity contribution in [3.63, 3.8) is 0 Å². The van der Waals surface area contributed by atoms with Crippen molar-refractivity contribution in [3.05, 3.63) is 0 Å². The molecule has 2 amide bonds. The summed E-state index contributed by atoms with van der Waals surface area (Å²) in [5, 5.41) is 2.54. The summed E-state index contributed by atoms with van der Waals surface area (Å²) in [7, 11) is 3.33. The summed E-state index contributed by atoms with van der Waals surface area (Å²) in [5.74, 6) is 0.0436. The fraction of sp³-hybridized carbons (Fsp3) is 0.846. The van der Waals surface area contributed by atoms with Gasteiger partial charge in [0, 0.05) is 33.5 Å². The van der Waals surface area contributed by atoms with Gasteiger partial charge in [-0.2, -0.15) is 0 Å². The quantitative estimate of drug-likeness (QED) is 0.673. The average Bonchev–Trinajstić information content (AvgIpc) is 2.32. The number of carbonyl (C=O) groups is 2. The molecule has 0 radical (unpaired) electrons. The molecule has 18 heavy (non-hydrogen) atoms. The minimum atomic E-state index is -0.0434. The zero-order valence-corrected chi connectivity index (χ0v) is 12.1. The van der Waals surface area contributed by atoms with Gasteiger partial charge in [0.05, 0.1) is 0 Å². The summed E-state index contributed by atoms with van der Waals surface area (Å²) < 4.78 is 0. The van der Waals surface area contributed by atoms with Crippen molar-refractivity contribution < 1.29 is 9.59 Å². The second-order valence-corrected chi connectivity index (χ2v) is 5.44. The van der Waals surface area contributed by atoms with Crippen LogP contribution in [0, 0.1) is 5.41 Å². The second kappa shape index (κ2) is 8.08. The van der Waals surface area contributed by atoms with E-state index in [0.29, 0.717) is 25.9 Å². The summed E-state index contributed by atoms with van der Waals surface area (Å²) in [6.07, 6.45) is 2.61. The number of hydrogen-bond acceptors (Lipinski definition) is 3. The van der Waals surface area contributed by atoms with Crippen molar-refractivity contribution in [2.24, 2.45) is 11.1 Å². The number of carbonyl (C=O) groups excluding carboxylic acids is 2. The van der Waals surface area contributed by atoms with Gasteiger partial charge in [0.25, 0.3) is 0 Å². The summed E-state index contributed by atoms with van der Waals surface area (Å²) in [5.41, 5.74) is 5.64. The molecule has 0 aliphatic heterocycles. The molecule has 0 aliphatic rings. The third kappa shape index (κ3) is 7.27. The molecular weight excluding hydrogens is 230 g/mol. The molecule has 3 N–H and O–H groups in total. The topological polar surface area (TPSA) is 75.4 Å². The summed E-state index contributed by atoms with van der Waals surface area (Å²) in [6, 6.07) is 0. The maximum atomic E-state index is 11.9. The van der Waals surface area contributed by atoms with Crippen LogP contribution in [0.5, 0.6) is 0 Å². The number of nitrogens with one attached hydrogen (secondary N) is 1. The zero-order chi connectivity index (χ0) is 14.2. The number of rotatable bonds is 8. The fourth-order valence-electron chi connectivity index (χ4n) is 1.67. The normalized spacial score (nSPS) is 11.2. The highest BCUT2D eigenvalue weighted by Crippen LogP contribution is 2.26. The lowest BCUT2D eigenvalue weighted by Gasteiger charge is -2.25. The molecular formula is C13H27N3O2. The van der Waals surface area contributed by atoms with Gasteiger partial charge < -0.3 is 16.0 Å². The minimum Gasteiger partial charge on any atom is -0.359 e. The van der Waals surface area contributed by atoms with Gasteiger partial charge in [0.2, 0.25) is 11.8 Å². The lowest BCUT2D eigenvalue weighted by atomic mass is 9.84. The van der Waals surface area contributed by atoms with Gasteiger partial charge in [-0.05, 0) is 24.8 Å². The van der Waals surface area contributed by atoms with Gasteiger partial charge in [0.15, 0.2) is 0 Å². The Morgan fingerprint density at radius 1 is 1.22 bits per heavy atom. The first kappa shape index (κ1) is 16.9. The molecule has 0 aromatic rings. The van der Waals surface area contributed by atoms with Crippen LogP contribution in [0.2, 0.25) is 0 Å². The van der Waals surface area contributed by atoms with Gasteiger partial charge in [-0.15, -0.1) is 0 Å². The fourth-order valence-corrected chi connectivity index (χ4v) is 1.67. The monoisotopic (exact) mass is 257 g/mol. The van der Waals surface area contributed by atoms with E-state index < -0.39 is 0 Å². The predicted octanol–water partition coefficient (Wildman–Crippen LogP) is 0.736. The Kier molecular flexibility index (Phi) is 7.59. The van der Waals surface area contributed by atoms with E-state index in [0.717, 1.165) is 12.8 Å². The average molecular weight is 257 g/mol. The van der Waals surface area contributed by atoms with E-state index in [-0.39, 0.29) is 17.2 Å². The van der Waals surface area contributed by atoms with Gasteiger partial charge in [-0.3, -0.25) is 9.59 Å². The Bertz CT molecular complexity index is 277. The minimum absolute atomic E-state index is 0.0434. The first-order valence-corrected chi connectivity index (χ1v) is 6.47. The predicted molar refractivity (Wildman–Crippen MR) is 73.0 cm³/mol. The highest BCUT2D eigenvalue weighted by Gasteiger charge is 2.19. The van der Waals surface area contributed by atoms with Crippen LogP contribution < -0.4 is 11.1 Å². The Labute approximate surface area is 110 Å². The second-order valence-electron chi connectivity index (χ2n) is 5.44. The highest BCUT2D eigenvalue weighted by molar-refractivity contribution is 5.78. The van der Waals surface area contributed by atoms with Gasteiger partial charge in [-0.25, -0.2) is 0 Å². The molecule has 0 rings (SSSR count). The Morgan fingerprint density at radius 3 is 2.33 bits per heavy atom. The van der Waals surface area contributed by atoms with Crippen LogP contribution in [-0.4, -0.2) is 43.9 Å². The number of nitrogens with zero attached hydrogens (tertiary/aromatic N) is 1. The molecule has 0 heterocycles. The Hall–Kier alpha value is -1.10. The van der Waals surface area contributed by atoms with E-state index in [1.54, 1.807) is 19.0 Å². The lowest BCUT2D eigenvalue weighted by Crippen LogP contribution is -2.32. The molecule has 5 heteroatoms. The largest absolute Gasteiger partial charge is 0.359 e. The van der Waals surface area contributed by atoms with Gasteiger partial charge in [0.1, 0.15) is 0 Å². The molecule has 0 bridgehead atoms. The summed E-state index contributed by atoms with van der Waals surface area (Å²) in [4.78, 5) is 24.6. The molecule has 0 spiro atoms. The maximum absolute atomic E-state index is 11.9. The molecule has 0 aromatic carbocycles. The first-order valence-electron chi connectivity index (χ1n) is 6.47. The van der Waals surface area contributed by atoms with E-state index >= 15 is 0 Å².